The summed E-state index contributed by atoms with van der Waals surface area (Å²) in [7, 11) is 0. The highest BCUT2D eigenvalue weighted by Gasteiger charge is 2.26. The zero-order valence-corrected chi connectivity index (χ0v) is 18.3. The minimum Gasteiger partial charge on any atom is -0.364 e. The number of nitrogens with one attached hydrogen (secondary N) is 1. The third-order valence-electron chi connectivity index (χ3n) is 6.02. The number of pyridine rings is 1. The molecule has 0 fully saturated rings. The summed E-state index contributed by atoms with van der Waals surface area (Å²) < 4.78 is 1.98. The maximum atomic E-state index is 11.9. The molecule has 1 atom stereocenters. The number of hydrogen-bond donors (Lipinski definition) is 2. The van der Waals surface area contributed by atoms with Gasteiger partial charge in [-0.05, 0) is 36.8 Å². The van der Waals surface area contributed by atoms with Gasteiger partial charge in [-0.1, -0.05) is 43.3 Å². The molecule has 1 aliphatic heterocycles. The van der Waals surface area contributed by atoms with E-state index in [-0.39, 0.29) is 11.6 Å². The second-order valence-electron chi connectivity index (χ2n) is 8.24. The number of nitriles is 1. The molecule has 2 aromatic heterocycles. The summed E-state index contributed by atoms with van der Waals surface area (Å²) in [6.45, 7) is 4.76. The molecule has 0 aliphatic carbocycles. The van der Waals surface area contributed by atoms with Gasteiger partial charge in [-0.25, -0.2) is 4.98 Å². The predicted molar refractivity (Wildman–Crippen MR) is 127 cm³/mol. The molecule has 2 aromatic carbocycles. The van der Waals surface area contributed by atoms with E-state index in [1.807, 2.05) is 60.1 Å². The molecule has 5 rings (SSSR count). The van der Waals surface area contributed by atoms with Gasteiger partial charge >= 0.3 is 0 Å². The third kappa shape index (κ3) is 3.62. The smallest absolute Gasteiger partial charge is 0.267 e. The van der Waals surface area contributed by atoms with Crippen molar-refractivity contribution in [3.63, 3.8) is 0 Å². The van der Waals surface area contributed by atoms with Gasteiger partial charge in [-0.3, -0.25) is 9.48 Å². The number of carbonyl (C=O) groups is 1. The molecular formula is C26H22N6O. The maximum Gasteiger partial charge on any atom is 0.267 e. The number of benzene rings is 2. The van der Waals surface area contributed by atoms with Crippen LogP contribution in [0.25, 0.3) is 16.6 Å². The molecule has 7 nitrogen and oxygen atoms in total. The van der Waals surface area contributed by atoms with Gasteiger partial charge in [-0.15, -0.1) is 0 Å². The summed E-state index contributed by atoms with van der Waals surface area (Å²) in [6, 6.07) is 19.2. The van der Waals surface area contributed by atoms with Gasteiger partial charge in [0.15, 0.2) is 0 Å². The fourth-order valence-electron chi connectivity index (χ4n) is 4.24. The van der Waals surface area contributed by atoms with Gasteiger partial charge in [0, 0.05) is 22.6 Å². The topological polar surface area (TPSA) is 110 Å². The number of primary amides is 1. The van der Waals surface area contributed by atoms with E-state index < -0.39 is 5.91 Å². The van der Waals surface area contributed by atoms with Gasteiger partial charge in [-0.2, -0.15) is 10.4 Å². The van der Waals surface area contributed by atoms with Crippen LogP contribution in [-0.4, -0.2) is 20.7 Å². The highest BCUT2D eigenvalue weighted by atomic mass is 16.1. The Kier molecular flexibility index (Phi) is 4.91. The van der Waals surface area contributed by atoms with Crippen molar-refractivity contribution in [1.82, 2.24) is 14.8 Å². The van der Waals surface area contributed by atoms with E-state index in [9.17, 15) is 4.79 Å². The van der Waals surface area contributed by atoms with Crippen LogP contribution in [0.5, 0.6) is 0 Å². The maximum absolute atomic E-state index is 11.9. The van der Waals surface area contributed by atoms with Crippen LogP contribution in [0.15, 0.2) is 60.7 Å². The lowest BCUT2D eigenvalue weighted by Crippen LogP contribution is -2.15. The van der Waals surface area contributed by atoms with E-state index in [1.165, 1.54) is 0 Å². The second kappa shape index (κ2) is 7.92. The van der Waals surface area contributed by atoms with Crippen molar-refractivity contribution in [3.8, 4) is 6.07 Å². The molecule has 1 amide bonds. The summed E-state index contributed by atoms with van der Waals surface area (Å²) in [5.74, 6) is -0.486. The molecule has 0 saturated carbocycles. The average Bonchev–Trinajstić information content (AvgIpc) is 3.14. The zero-order chi connectivity index (χ0) is 23.1. The quantitative estimate of drug-likeness (QED) is 0.497. The van der Waals surface area contributed by atoms with Crippen molar-refractivity contribution in [2.75, 3.05) is 5.32 Å². The Morgan fingerprint density at radius 2 is 1.97 bits per heavy atom. The van der Waals surface area contributed by atoms with E-state index in [4.69, 9.17) is 16.1 Å². The van der Waals surface area contributed by atoms with Crippen LogP contribution in [0.3, 0.4) is 0 Å². The van der Waals surface area contributed by atoms with E-state index >= 15 is 0 Å². The van der Waals surface area contributed by atoms with Gasteiger partial charge < -0.3 is 11.1 Å². The largest absolute Gasteiger partial charge is 0.364 e. The Morgan fingerprint density at radius 3 is 2.70 bits per heavy atom. The minimum absolute atomic E-state index is 0.0705. The normalized spacial score (nSPS) is 14.8. The number of anilines is 1. The first-order chi connectivity index (χ1) is 15.9. The van der Waals surface area contributed by atoms with E-state index in [2.05, 4.69) is 29.4 Å². The molecule has 0 saturated heterocycles. The second-order valence-corrected chi connectivity index (χ2v) is 8.24. The molecule has 1 aliphatic rings. The molecule has 3 heterocycles. The number of nitrogens with zero attached hydrogens (tertiary/aromatic N) is 4. The fourth-order valence-corrected chi connectivity index (χ4v) is 4.24. The molecule has 0 radical (unpaired) electrons. The molecule has 162 valence electrons. The molecule has 3 N–H and O–H groups in total. The summed E-state index contributed by atoms with van der Waals surface area (Å²) in [5, 5.41) is 18.4. The Labute approximate surface area is 191 Å². The van der Waals surface area contributed by atoms with E-state index in [0.29, 0.717) is 12.1 Å². The lowest BCUT2D eigenvalue weighted by molar-refractivity contribution is 0.0996. The monoisotopic (exact) mass is 434 g/mol. The number of para-hydroxylation sites is 1. The number of carbonyl (C=O) groups excluding carboxylic acids is 1. The van der Waals surface area contributed by atoms with Crippen molar-refractivity contribution in [1.29, 1.82) is 5.26 Å². The van der Waals surface area contributed by atoms with Crippen molar-refractivity contribution >= 4 is 28.2 Å². The molecular weight excluding hydrogens is 412 g/mol. The highest BCUT2D eigenvalue weighted by molar-refractivity contribution is 6.00. The molecule has 33 heavy (non-hydrogen) atoms. The Balaban J connectivity index is 1.53. The molecule has 0 spiro atoms. The Bertz CT molecular complexity index is 1470. The number of amides is 1. The first-order valence-corrected chi connectivity index (χ1v) is 10.7. The first-order valence-electron chi connectivity index (χ1n) is 10.7. The fraction of sp³-hybridized carbons (Fsp3) is 0.154. The van der Waals surface area contributed by atoms with Crippen molar-refractivity contribution < 1.29 is 4.79 Å². The number of aromatic nitrogens is 3. The van der Waals surface area contributed by atoms with Gasteiger partial charge in [0.25, 0.3) is 5.91 Å². The Morgan fingerprint density at radius 1 is 1.21 bits per heavy atom. The van der Waals surface area contributed by atoms with Gasteiger partial charge in [0.05, 0.1) is 40.8 Å². The number of allylic oxidation sites excluding steroid dienone is 1. The first kappa shape index (κ1) is 20.5. The lowest BCUT2D eigenvalue weighted by atomic mass is 9.95. The van der Waals surface area contributed by atoms with Crippen LogP contribution in [0.2, 0.25) is 0 Å². The van der Waals surface area contributed by atoms with Crippen LogP contribution < -0.4 is 11.1 Å². The van der Waals surface area contributed by atoms with Crippen LogP contribution >= 0.6 is 0 Å². The lowest BCUT2D eigenvalue weighted by Gasteiger charge is -2.22. The summed E-state index contributed by atoms with van der Waals surface area (Å²) in [6.07, 6.45) is 2.12. The zero-order valence-electron chi connectivity index (χ0n) is 18.3. The van der Waals surface area contributed by atoms with E-state index in [0.717, 1.165) is 44.8 Å². The molecule has 4 aromatic rings. The summed E-state index contributed by atoms with van der Waals surface area (Å²) in [4.78, 5) is 16.3. The van der Waals surface area contributed by atoms with Crippen LogP contribution in [0, 0.1) is 18.3 Å². The van der Waals surface area contributed by atoms with Crippen molar-refractivity contribution in [2.24, 2.45) is 5.73 Å². The standard InChI is InChI=1S/C26H22N6O/c1-15-11-22(20-12-23(26(28)33)29-21-6-4-3-5-19(20)21)30-25-16(2)32(31-24(15)25)14-18-9-7-17(13-27)8-10-18/h3-12,15,30H,14H2,1-2H3,(H2,28,33). The summed E-state index contributed by atoms with van der Waals surface area (Å²) >= 11 is 0. The van der Waals surface area contributed by atoms with Gasteiger partial charge in [0.2, 0.25) is 0 Å². The van der Waals surface area contributed by atoms with Crippen LogP contribution in [0.4, 0.5) is 5.69 Å². The van der Waals surface area contributed by atoms with Crippen molar-refractivity contribution in [2.45, 2.75) is 26.3 Å². The molecule has 0 bridgehead atoms. The number of hydrogen-bond acceptors (Lipinski definition) is 5. The highest BCUT2D eigenvalue weighted by Crippen LogP contribution is 2.38. The third-order valence-corrected chi connectivity index (χ3v) is 6.02. The van der Waals surface area contributed by atoms with Crippen molar-refractivity contribution in [3.05, 3.63) is 94.4 Å². The van der Waals surface area contributed by atoms with Crippen LogP contribution in [0.1, 0.15) is 51.4 Å². The molecule has 7 heteroatoms. The SMILES string of the molecule is Cc1c2c(nn1Cc1ccc(C#N)cc1)C(C)C=C(c1cc(C(N)=O)nc3ccccc13)N2. The van der Waals surface area contributed by atoms with Gasteiger partial charge in [0.1, 0.15) is 5.69 Å². The minimum atomic E-state index is -0.557. The number of nitrogens with two attached hydrogens (primary N) is 1. The number of fused-ring (bicyclic) bond motifs is 2. The Hall–Kier alpha value is -4.44. The summed E-state index contributed by atoms with van der Waals surface area (Å²) in [5.41, 5.74) is 13.0. The van der Waals surface area contributed by atoms with E-state index in [1.54, 1.807) is 6.07 Å². The predicted octanol–water partition coefficient (Wildman–Crippen LogP) is 4.33. The molecule has 1 unspecified atom stereocenters. The average molecular weight is 435 g/mol. The number of rotatable bonds is 4. The van der Waals surface area contributed by atoms with Crippen LogP contribution in [-0.2, 0) is 6.54 Å².